The summed E-state index contributed by atoms with van der Waals surface area (Å²) >= 11 is 0. The summed E-state index contributed by atoms with van der Waals surface area (Å²) in [5, 5.41) is 3.31. The summed E-state index contributed by atoms with van der Waals surface area (Å²) in [7, 11) is 3.54. The molecular formula is C14H29N5O2. The lowest BCUT2D eigenvalue weighted by molar-refractivity contribution is 0.00127. The molecule has 0 unspecified atom stereocenters. The van der Waals surface area contributed by atoms with E-state index in [0.29, 0.717) is 6.04 Å². The highest BCUT2D eigenvalue weighted by molar-refractivity contribution is 5.70. The second kappa shape index (κ2) is 7.61. The fourth-order valence-electron chi connectivity index (χ4n) is 2.46. The maximum Gasteiger partial charge on any atom is 0.429 e. The van der Waals surface area contributed by atoms with Gasteiger partial charge in [-0.2, -0.15) is 0 Å². The number of ether oxygens (including phenoxy) is 1. The molecule has 1 saturated carbocycles. The Kier molecular flexibility index (Phi) is 6.42. The van der Waals surface area contributed by atoms with E-state index in [1.807, 2.05) is 27.8 Å². The summed E-state index contributed by atoms with van der Waals surface area (Å²) in [6.07, 6.45) is 4.83. The molecule has 1 fully saturated rings. The van der Waals surface area contributed by atoms with E-state index in [1.165, 1.54) is 6.34 Å². The molecule has 0 aromatic carbocycles. The van der Waals surface area contributed by atoms with Crippen LogP contribution in [0.1, 0.15) is 46.5 Å². The smallest absolute Gasteiger partial charge is 0.429 e. The summed E-state index contributed by atoms with van der Waals surface area (Å²) in [6.45, 7) is 5.58. The predicted octanol–water partition coefficient (Wildman–Crippen LogP) is 1.50. The van der Waals surface area contributed by atoms with Gasteiger partial charge in [0, 0.05) is 20.1 Å². The largest absolute Gasteiger partial charge is 0.442 e. The van der Waals surface area contributed by atoms with Gasteiger partial charge in [0.15, 0.2) is 0 Å². The molecule has 1 amide bonds. The Balaban J connectivity index is 2.68. The van der Waals surface area contributed by atoms with Gasteiger partial charge in [0.2, 0.25) is 0 Å². The van der Waals surface area contributed by atoms with Gasteiger partial charge >= 0.3 is 6.09 Å². The maximum atomic E-state index is 12.3. The van der Waals surface area contributed by atoms with Crippen LogP contribution in [-0.2, 0) is 4.74 Å². The van der Waals surface area contributed by atoms with E-state index in [0.717, 1.165) is 25.7 Å². The first kappa shape index (κ1) is 17.7. The lowest BCUT2D eigenvalue weighted by atomic mass is 9.91. The zero-order valence-electron chi connectivity index (χ0n) is 13.8. The maximum absolute atomic E-state index is 12.3. The van der Waals surface area contributed by atoms with Crippen molar-refractivity contribution in [3.05, 3.63) is 0 Å². The molecule has 0 saturated heterocycles. The minimum Gasteiger partial charge on any atom is -0.442 e. The number of amides is 1. The van der Waals surface area contributed by atoms with Crippen LogP contribution in [-0.4, -0.2) is 54.2 Å². The quantitative estimate of drug-likeness (QED) is 0.356. The SMILES string of the molecule is CN=CNN(C(=O)OC(C)(C)C)[C@H]1CC[C@H](N(C)N)CC1. The van der Waals surface area contributed by atoms with E-state index in [-0.39, 0.29) is 12.1 Å². The van der Waals surface area contributed by atoms with E-state index < -0.39 is 5.60 Å². The molecule has 7 nitrogen and oxygen atoms in total. The van der Waals surface area contributed by atoms with Crippen molar-refractivity contribution in [1.29, 1.82) is 0 Å². The zero-order valence-corrected chi connectivity index (χ0v) is 13.8. The van der Waals surface area contributed by atoms with E-state index in [2.05, 4.69) is 10.4 Å². The van der Waals surface area contributed by atoms with Crippen LogP contribution in [0, 0.1) is 0 Å². The molecule has 122 valence electrons. The lowest BCUT2D eigenvalue weighted by Gasteiger charge is -2.38. The van der Waals surface area contributed by atoms with Gasteiger partial charge in [-0.05, 0) is 46.5 Å². The molecule has 0 aromatic rings. The van der Waals surface area contributed by atoms with Crippen molar-refractivity contribution in [3.8, 4) is 0 Å². The Morgan fingerprint density at radius 1 is 1.29 bits per heavy atom. The summed E-state index contributed by atoms with van der Waals surface area (Å²) in [5.41, 5.74) is 2.41. The third kappa shape index (κ3) is 5.89. The van der Waals surface area contributed by atoms with Gasteiger partial charge in [-0.3, -0.25) is 16.3 Å². The van der Waals surface area contributed by atoms with Crippen LogP contribution in [0.3, 0.4) is 0 Å². The highest BCUT2D eigenvalue weighted by atomic mass is 16.6. The molecule has 1 aliphatic carbocycles. The number of nitrogens with one attached hydrogen (secondary N) is 1. The Labute approximate surface area is 127 Å². The van der Waals surface area contributed by atoms with Crippen LogP contribution in [0.2, 0.25) is 0 Å². The molecule has 0 heterocycles. The highest BCUT2D eigenvalue weighted by Crippen LogP contribution is 2.25. The van der Waals surface area contributed by atoms with E-state index in [4.69, 9.17) is 10.6 Å². The fraction of sp³-hybridized carbons (Fsp3) is 0.857. The van der Waals surface area contributed by atoms with Crippen molar-refractivity contribution in [2.24, 2.45) is 10.8 Å². The minimum absolute atomic E-state index is 0.0917. The van der Waals surface area contributed by atoms with E-state index in [9.17, 15) is 4.79 Å². The van der Waals surface area contributed by atoms with Crippen LogP contribution in [0.25, 0.3) is 0 Å². The summed E-state index contributed by atoms with van der Waals surface area (Å²) < 4.78 is 5.45. The fourth-order valence-corrected chi connectivity index (χ4v) is 2.46. The Bertz CT molecular complexity index is 357. The standard InChI is InChI=1S/C14H29N5O2/c1-14(2,3)21-13(20)19(17-10-16-4)12-8-6-11(7-9-12)18(5)15/h10-12H,6-9,15H2,1-5H3,(H,16,17)/t11-,12-. The molecule has 0 radical (unpaired) electrons. The number of hydrogen-bond donors (Lipinski definition) is 2. The molecule has 1 rings (SSSR count). The number of nitrogens with two attached hydrogens (primary N) is 1. The predicted molar refractivity (Wildman–Crippen MR) is 83.6 cm³/mol. The van der Waals surface area contributed by atoms with Crippen LogP contribution >= 0.6 is 0 Å². The first-order valence-electron chi connectivity index (χ1n) is 7.41. The average molecular weight is 299 g/mol. The first-order chi connectivity index (χ1) is 9.74. The summed E-state index contributed by atoms with van der Waals surface area (Å²) in [6, 6.07) is 0.468. The van der Waals surface area contributed by atoms with Crippen molar-refractivity contribution in [1.82, 2.24) is 15.4 Å². The normalized spacial score (nSPS) is 23.4. The topological polar surface area (TPSA) is 83.2 Å². The molecule has 0 bridgehead atoms. The van der Waals surface area contributed by atoms with Crippen LogP contribution in [0.15, 0.2) is 4.99 Å². The molecule has 3 N–H and O–H groups in total. The molecule has 0 spiro atoms. The number of hydrogen-bond acceptors (Lipinski definition) is 5. The van der Waals surface area contributed by atoms with E-state index >= 15 is 0 Å². The average Bonchev–Trinajstić information content (AvgIpc) is 2.37. The number of nitrogens with zero attached hydrogens (tertiary/aromatic N) is 3. The van der Waals surface area contributed by atoms with Crippen molar-refractivity contribution in [2.45, 2.75) is 64.1 Å². The summed E-state index contributed by atoms with van der Waals surface area (Å²) in [5.74, 6) is 5.80. The van der Waals surface area contributed by atoms with Gasteiger partial charge < -0.3 is 4.74 Å². The number of carbonyl (C=O) groups is 1. The molecule has 1 aliphatic rings. The highest BCUT2D eigenvalue weighted by Gasteiger charge is 2.32. The number of aliphatic imine (C=N–C) groups is 1. The second-order valence-corrected chi connectivity index (χ2v) is 6.49. The Morgan fingerprint density at radius 3 is 2.24 bits per heavy atom. The van der Waals surface area contributed by atoms with Crippen molar-refractivity contribution < 1.29 is 9.53 Å². The molecule has 0 aliphatic heterocycles. The molecule has 0 aromatic heterocycles. The van der Waals surface area contributed by atoms with Crippen molar-refractivity contribution in [3.63, 3.8) is 0 Å². The molecule has 7 heteroatoms. The number of carbonyl (C=O) groups excluding carboxylic acids is 1. The number of rotatable bonds is 4. The van der Waals surface area contributed by atoms with Gasteiger partial charge in [0.25, 0.3) is 0 Å². The minimum atomic E-state index is -0.519. The first-order valence-corrected chi connectivity index (χ1v) is 7.41. The van der Waals surface area contributed by atoms with Gasteiger partial charge in [-0.1, -0.05) is 0 Å². The van der Waals surface area contributed by atoms with Crippen molar-refractivity contribution >= 4 is 12.4 Å². The van der Waals surface area contributed by atoms with Crippen LogP contribution in [0.4, 0.5) is 4.79 Å². The van der Waals surface area contributed by atoms with Crippen LogP contribution in [0.5, 0.6) is 0 Å². The molecule has 21 heavy (non-hydrogen) atoms. The van der Waals surface area contributed by atoms with Gasteiger partial charge in [-0.25, -0.2) is 14.8 Å². The third-order valence-corrected chi connectivity index (χ3v) is 3.52. The third-order valence-electron chi connectivity index (χ3n) is 3.52. The zero-order chi connectivity index (χ0) is 16.0. The van der Waals surface area contributed by atoms with Gasteiger partial charge in [-0.15, -0.1) is 0 Å². The Hall–Kier alpha value is -1.34. The molecular weight excluding hydrogens is 270 g/mol. The Morgan fingerprint density at radius 2 is 1.81 bits per heavy atom. The van der Waals surface area contributed by atoms with Crippen molar-refractivity contribution in [2.75, 3.05) is 14.1 Å². The summed E-state index contributed by atoms with van der Waals surface area (Å²) in [4.78, 5) is 16.2. The monoisotopic (exact) mass is 299 g/mol. The second-order valence-electron chi connectivity index (χ2n) is 6.49. The number of hydrazine groups is 2. The van der Waals surface area contributed by atoms with Crippen LogP contribution < -0.4 is 11.3 Å². The molecule has 0 atom stereocenters. The lowest BCUT2D eigenvalue weighted by Crippen LogP contribution is -2.53. The van der Waals surface area contributed by atoms with E-state index in [1.54, 1.807) is 17.1 Å². The van der Waals surface area contributed by atoms with Gasteiger partial charge in [0.05, 0.1) is 6.04 Å². The van der Waals surface area contributed by atoms with Gasteiger partial charge in [0.1, 0.15) is 11.9 Å².